The number of likely N-dealkylation sites (N-methyl/N-ethyl adjacent to an activating group) is 1. The second-order valence-electron chi connectivity index (χ2n) is 15.3. The molecule has 2 aromatic rings. The number of hydrogen-bond donors (Lipinski definition) is 3. The minimum atomic E-state index is -0.990. The van der Waals surface area contributed by atoms with Crippen LogP contribution in [0, 0.1) is 23.7 Å². The highest BCUT2D eigenvalue weighted by Crippen LogP contribution is 2.32. The number of thiazole rings is 1. The third-order valence-electron chi connectivity index (χ3n) is 9.16. The first-order valence-electron chi connectivity index (χ1n) is 18.9. The summed E-state index contributed by atoms with van der Waals surface area (Å²) in [6.07, 6.45) is 0.378. The topological polar surface area (TPSA) is 185 Å². The molecule has 0 saturated heterocycles. The average molecular weight is 788 g/mol. The van der Waals surface area contributed by atoms with Crippen molar-refractivity contribution in [3.05, 3.63) is 52.0 Å². The zero-order chi connectivity index (χ0) is 41.4. The van der Waals surface area contributed by atoms with Crippen molar-refractivity contribution in [1.29, 1.82) is 0 Å². The highest BCUT2D eigenvalue weighted by atomic mass is 32.1. The van der Waals surface area contributed by atoms with Gasteiger partial charge in [-0.3, -0.25) is 28.8 Å². The Morgan fingerprint density at radius 2 is 1.60 bits per heavy atom. The molecule has 0 aliphatic rings. The summed E-state index contributed by atoms with van der Waals surface area (Å²) in [5, 5.41) is 17.3. The van der Waals surface area contributed by atoms with Gasteiger partial charge in [0, 0.05) is 37.2 Å². The lowest BCUT2D eigenvalue weighted by Crippen LogP contribution is -2.57. The van der Waals surface area contributed by atoms with Gasteiger partial charge in [-0.05, 0) is 50.3 Å². The summed E-state index contributed by atoms with van der Waals surface area (Å²) < 4.78 is 11.4. The molecule has 1 heterocycles. The minimum Gasteiger partial charge on any atom is -0.481 e. The lowest BCUT2D eigenvalue weighted by Gasteiger charge is -2.38. The Labute approximate surface area is 329 Å². The van der Waals surface area contributed by atoms with Crippen molar-refractivity contribution >= 4 is 47.0 Å². The van der Waals surface area contributed by atoms with Crippen LogP contribution >= 0.6 is 11.3 Å². The molecular weight excluding hydrogens is 727 g/mol. The van der Waals surface area contributed by atoms with Gasteiger partial charge >= 0.3 is 17.9 Å². The standard InChI is InChI=1S/C40H61N5O9S/c1-11-26(6)36(43-34(47)21-44(9)10)39(50)45(23-53-35(48)17-24(2)3)32(25(4)5)20-33(54-28(8)46)38-42-31(22-55-38)37(49)41-30(18-27(7)40(51)52)19-29-15-13-12-14-16-29/h12-16,22,24-27,30,32-33,36H,11,17-21,23H2,1-10H3,(H,41,49)(H,43,47)(H,51,52)/t26-,27-,30+,32+,33+,36-/m0/s1. The molecule has 0 spiro atoms. The van der Waals surface area contributed by atoms with Crippen LogP contribution in [-0.4, -0.2) is 101 Å². The van der Waals surface area contributed by atoms with Crippen molar-refractivity contribution in [2.75, 3.05) is 27.4 Å². The molecule has 15 heteroatoms. The molecule has 0 radical (unpaired) electrons. The Balaban J connectivity index is 2.49. The van der Waals surface area contributed by atoms with Crippen LogP contribution < -0.4 is 10.6 Å². The van der Waals surface area contributed by atoms with Gasteiger partial charge in [0.15, 0.2) is 12.8 Å². The molecule has 0 aliphatic heterocycles. The molecule has 3 N–H and O–H groups in total. The lowest BCUT2D eigenvalue weighted by atomic mass is 9.93. The van der Waals surface area contributed by atoms with Crippen LogP contribution in [0.3, 0.4) is 0 Å². The van der Waals surface area contributed by atoms with Gasteiger partial charge < -0.3 is 35.0 Å². The van der Waals surface area contributed by atoms with Crippen molar-refractivity contribution in [3.8, 4) is 0 Å². The lowest BCUT2D eigenvalue weighted by molar-refractivity contribution is -0.160. The number of carbonyl (C=O) groups excluding carboxylic acids is 5. The number of carboxylic acid groups (broad SMARTS) is 1. The third-order valence-corrected chi connectivity index (χ3v) is 10.1. The summed E-state index contributed by atoms with van der Waals surface area (Å²) in [6.45, 7) is 13.8. The van der Waals surface area contributed by atoms with E-state index in [1.165, 1.54) is 11.8 Å². The van der Waals surface area contributed by atoms with E-state index in [0.29, 0.717) is 17.8 Å². The van der Waals surface area contributed by atoms with Gasteiger partial charge in [-0.2, -0.15) is 0 Å². The summed E-state index contributed by atoms with van der Waals surface area (Å²) in [5.74, 6) is -4.56. The van der Waals surface area contributed by atoms with Crippen molar-refractivity contribution in [3.63, 3.8) is 0 Å². The van der Waals surface area contributed by atoms with Gasteiger partial charge in [-0.15, -0.1) is 11.3 Å². The number of ether oxygens (including phenoxy) is 2. The van der Waals surface area contributed by atoms with E-state index in [0.717, 1.165) is 16.9 Å². The smallest absolute Gasteiger partial charge is 0.307 e. The quantitative estimate of drug-likeness (QED) is 0.101. The number of hydrogen-bond acceptors (Lipinski definition) is 11. The first-order chi connectivity index (χ1) is 25.8. The number of esters is 2. The number of amides is 3. The molecule has 0 fully saturated rings. The molecule has 0 aliphatic carbocycles. The number of aromatic nitrogens is 1. The number of rotatable bonds is 23. The SMILES string of the molecule is CC[C@H](C)[C@H](NC(=O)CN(C)C)C(=O)N(COC(=O)CC(C)C)[C@H](C[C@@H](OC(C)=O)c1nc(C(=O)N[C@@H](Cc2ccccc2)C[C@H](C)C(=O)O)cs1)C(C)C. The zero-order valence-electron chi connectivity index (χ0n) is 34.0. The largest absolute Gasteiger partial charge is 0.481 e. The molecule has 55 heavy (non-hydrogen) atoms. The minimum absolute atomic E-state index is 0.0227. The maximum Gasteiger partial charge on any atom is 0.307 e. The fraction of sp³-hybridized carbons (Fsp3) is 0.625. The van der Waals surface area contributed by atoms with Crippen LogP contribution in [0.25, 0.3) is 0 Å². The van der Waals surface area contributed by atoms with Crippen molar-refractivity contribution < 1.29 is 43.3 Å². The molecular formula is C40H61N5O9S. The number of carboxylic acids is 1. The first kappa shape index (κ1) is 46.8. The zero-order valence-corrected chi connectivity index (χ0v) is 34.8. The van der Waals surface area contributed by atoms with E-state index in [4.69, 9.17) is 9.47 Å². The number of carbonyl (C=O) groups is 6. The van der Waals surface area contributed by atoms with E-state index >= 15 is 0 Å². The summed E-state index contributed by atoms with van der Waals surface area (Å²) in [7, 11) is 3.50. The Hall–Kier alpha value is -4.37. The van der Waals surface area contributed by atoms with Crippen LogP contribution in [0.4, 0.5) is 0 Å². The Kier molecular flexibility index (Phi) is 19.5. The second kappa shape index (κ2) is 22.9. The van der Waals surface area contributed by atoms with Gasteiger partial charge in [0.2, 0.25) is 11.8 Å². The van der Waals surface area contributed by atoms with Crippen LogP contribution in [0.1, 0.15) is 108 Å². The number of nitrogens with one attached hydrogen (secondary N) is 2. The van der Waals surface area contributed by atoms with Crippen LogP contribution in [0.2, 0.25) is 0 Å². The first-order valence-corrected chi connectivity index (χ1v) is 19.8. The molecule has 1 aromatic carbocycles. The van der Waals surface area contributed by atoms with Crippen LogP contribution in [0.5, 0.6) is 0 Å². The molecule has 0 bridgehead atoms. The van der Waals surface area contributed by atoms with Gasteiger partial charge in [-0.1, -0.05) is 85.2 Å². The van der Waals surface area contributed by atoms with E-state index < -0.39 is 59.9 Å². The van der Waals surface area contributed by atoms with Gasteiger partial charge in [0.1, 0.15) is 16.7 Å². The second-order valence-corrected chi connectivity index (χ2v) is 16.2. The van der Waals surface area contributed by atoms with E-state index in [-0.39, 0.29) is 61.9 Å². The fourth-order valence-corrected chi connectivity index (χ4v) is 6.86. The number of aliphatic carboxylic acids is 1. The number of nitrogens with zero attached hydrogens (tertiary/aromatic N) is 3. The number of benzene rings is 1. The van der Waals surface area contributed by atoms with Gasteiger partial charge in [0.25, 0.3) is 5.91 Å². The molecule has 1 aromatic heterocycles. The fourth-order valence-electron chi connectivity index (χ4n) is 6.02. The molecule has 0 saturated carbocycles. The maximum atomic E-state index is 14.5. The van der Waals surface area contributed by atoms with E-state index in [1.54, 1.807) is 31.3 Å². The van der Waals surface area contributed by atoms with Crippen molar-refractivity contribution in [2.45, 2.75) is 112 Å². The van der Waals surface area contributed by atoms with Gasteiger partial charge in [-0.25, -0.2) is 4.98 Å². The highest BCUT2D eigenvalue weighted by Gasteiger charge is 2.38. The Morgan fingerprint density at radius 1 is 0.945 bits per heavy atom. The molecule has 2 rings (SSSR count). The normalized spacial score (nSPS) is 14.7. The molecule has 0 unspecified atom stereocenters. The molecule has 14 nitrogen and oxygen atoms in total. The summed E-state index contributed by atoms with van der Waals surface area (Å²) in [5.41, 5.74) is 0.996. The van der Waals surface area contributed by atoms with Gasteiger partial charge in [0.05, 0.1) is 12.5 Å². The van der Waals surface area contributed by atoms with Crippen molar-refractivity contribution in [2.24, 2.45) is 23.7 Å². The third kappa shape index (κ3) is 16.1. The van der Waals surface area contributed by atoms with Crippen LogP contribution in [0.15, 0.2) is 35.7 Å². The van der Waals surface area contributed by atoms with E-state index in [1.807, 2.05) is 71.9 Å². The van der Waals surface area contributed by atoms with Crippen molar-refractivity contribution in [1.82, 2.24) is 25.4 Å². The Bertz CT molecular complexity index is 1560. The maximum absolute atomic E-state index is 14.5. The summed E-state index contributed by atoms with van der Waals surface area (Å²) >= 11 is 1.11. The predicted octanol–water partition coefficient (Wildman–Crippen LogP) is 5.08. The van der Waals surface area contributed by atoms with E-state index in [9.17, 15) is 33.9 Å². The van der Waals surface area contributed by atoms with E-state index in [2.05, 4.69) is 15.6 Å². The van der Waals surface area contributed by atoms with Crippen LogP contribution in [-0.2, 0) is 39.9 Å². The average Bonchev–Trinajstić information content (AvgIpc) is 3.59. The molecule has 6 atom stereocenters. The monoisotopic (exact) mass is 787 g/mol. The molecule has 3 amide bonds. The summed E-state index contributed by atoms with van der Waals surface area (Å²) in [4.78, 5) is 85.7. The highest BCUT2D eigenvalue weighted by molar-refractivity contribution is 7.09. The Morgan fingerprint density at radius 3 is 2.15 bits per heavy atom. The predicted molar refractivity (Wildman–Crippen MR) is 210 cm³/mol. The molecule has 306 valence electrons. The summed E-state index contributed by atoms with van der Waals surface area (Å²) in [6, 6.07) is 7.32.